The Morgan fingerprint density at radius 3 is 2.31 bits per heavy atom. The zero-order valence-corrected chi connectivity index (χ0v) is 9.69. The van der Waals surface area contributed by atoms with Gasteiger partial charge in [0.2, 0.25) is 0 Å². The van der Waals surface area contributed by atoms with Crippen LogP contribution >= 0.6 is 0 Å². The van der Waals surface area contributed by atoms with E-state index in [2.05, 4.69) is 33.0 Å². The Labute approximate surface area is 83.3 Å². The minimum Gasteiger partial charge on any atom is -0.313 e. The largest absolute Gasteiger partial charge is 0.313 e. The summed E-state index contributed by atoms with van der Waals surface area (Å²) in [6.07, 6.45) is 5.47. The molecule has 1 rings (SSSR count). The summed E-state index contributed by atoms with van der Waals surface area (Å²) in [5, 5.41) is 3.72. The molecule has 0 amide bonds. The van der Waals surface area contributed by atoms with E-state index in [1.54, 1.807) is 0 Å². The quantitative estimate of drug-likeness (QED) is 0.667. The first-order valence-corrected chi connectivity index (χ1v) is 5.82. The van der Waals surface area contributed by atoms with Gasteiger partial charge in [-0.05, 0) is 37.0 Å². The monoisotopic (exact) mass is 183 g/mol. The van der Waals surface area contributed by atoms with Crippen molar-refractivity contribution in [1.29, 1.82) is 0 Å². The van der Waals surface area contributed by atoms with Gasteiger partial charge in [-0.3, -0.25) is 0 Å². The average molecular weight is 183 g/mol. The fraction of sp³-hybridized carbons (Fsp3) is 1.00. The first kappa shape index (κ1) is 11.0. The zero-order valence-electron chi connectivity index (χ0n) is 9.69. The molecule has 0 bridgehead atoms. The van der Waals surface area contributed by atoms with E-state index in [4.69, 9.17) is 0 Å². The first-order chi connectivity index (χ1) is 6.09. The van der Waals surface area contributed by atoms with Crippen molar-refractivity contribution < 1.29 is 0 Å². The van der Waals surface area contributed by atoms with Crippen molar-refractivity contribution >= 4 is 0 Å². The third kappa shape index (κ3) is 3.68. The minimum atomic E-state index is 0.475. The molecule has 1 fully saturated rings. The lowest BCUT2D eigenvalue weighted by Gasteiger charge is -2.26. The van der Waals surface area contributed by atoms with Crippen LogP contribution < -0.4 is 5.32 Å². The molecule has 0 heterocycles. The number of nitrogens with one attached hydrogen (secondary N) is 1. The summed E-state index contributed by atoms with van der Waals surface area (Å²) in [5.41, 5.74) is 0.475. The topological polar surface area (TPSA) is 12.0 Å². The van der Waals surface area contributed by atoms with Gasteiger partial charge in [-0.1, -0.05) is 27.7 Å². The van der Waals surface area contributed by atoms with Gasteiger partial charge in [0, 0.05) is 12.6 Å². The fourth-order valence-corrected chi connectivity index (χ4v) is 1.68. The molecule has 0 aromatic carbocycles. The zero-order chi connectivity index (χ0) is 9.90. The molecule has 1 heteroatoms. The van der Waals surface area contributed by atoms with E-state index in [0.717, 1.165) is 12.0 Å². The van der Waals surface area contributed by atoms with Gasteiger partial charge in [0.1, 0.15) is 0 Å². The summed E-state index contributed by atoms with van der Waals surface area (Å²) in [5.74, 6) is 0.998. The molecule has 0 aromatic rings. The van der Waals surface area contributed by atoms with Crippen molar-refractivity contribution in [3.05, 3.63) is 0 Å². The molecule has 1 N–H and O–H groups in total. The Balaban J connectivity index is 2.22. The predicted molar refractivity (Wildman–Crippen MR) is 58.9 cm³/mol. The van der Waals surface area contributed by atoms with E-state index in [1.807, 2.05) is 0 Å². The Morgan fingerprint density at radius 2 is 1.92 bits per heavy atom. The summed E-state index contributed by atoms with van der Waals surface area (Å²) in [6, 6.07) is 0.797. The molecule has 0 radical (unpaired) electrons. The summed E-state index contributed by atoms with van der Waals surface area (Å²) in [7, 11) is 0. The van der Waals surface area contributed by atoms with Crippen LogP contribution in [0.25, 0.3) is 0 Å². The third-order valence-electron chi connectivity index (χ3n) is 3.43. The van der Waals surface area contributed by atoms with Crippen LogP contribution in [0.4, 0.5) is 0 Å². The lowest BCUT2D eigenvalue weighted by Crippen LogP contribution is -2.37. The van der Waals surface area contributed by atoms with E-state index in [1.165, 1.54) is 32.2 Å². The molecule has 1 aliphatic carbocycles. The smallest absolute Gasteiger partial charge is 0.00929 e. The first-order valence-electron chi connectivity index (χ1n) is 5.82. The molecule has 78 valence electrons. The third-order valence-corrected chi connectivity index (χ3v) is 3.43. The van der Waals surface area contributed by atoms with Crippen molar-refractivity contribution in [2.24, 2.45) is 11.3 Å². The SMILES string of the molecule is CCC(NCC(C)(C)CC)C1CC1. The molecule has 1 unspecified atom stereocenters. The Bertz CT molecular complexity index is 147. The van der Waals surface area contributed by atoms with E-state index in [9.17, 15) is 0 Å². The molecule has 0 spiro atoms. The van der Waals surface area contributed by atoms with Crippen LogP contribution in [0.2, 0.25) is 0 Å². The van der Waals surface area contributed by atoms with Crippen molar-refractivity contribution in [3.8, 4) is 0 Å². The van der Waals surface area contributed by atoms with E-state index in [0.29, 0.717) is 5.41 Å². The second-order valence-electron chi connectivity index (χ2n) is 5.25. The van der Waals surface area contributed by atoms with Gasteiger partial charge in [-0.25, -0.2) is 0 Å². The molecule has 1 nitrogen and oxygen atoms in total. The lowest BCUT2D eigenvalue weighted by atomic mass is 9.90. The second kappa shape index (κ2) is 4.45. The van der Waals surface area contributed by atoms with Crippen LogP contribution in [0.1, 0.15) is 53.4 Å². The summed E-state index contributed by atoms with van der Waals surface area (Å²) < 4.78 is 0. The van der Waals surface area contributed by atoms with Gasteiger partial charge >= 0.3 is 0 Å². The summed E-state index contributed by atoms with van der Waals surface area (Å²) in [4.78, 5) is 0. The second-order valence-corrected chi connectivity index (χ2v) is 5.25. The van der Waals surface area contributed by atoms with Gasteiger partial charge in [0.05, 0.1) is 0 Å². The maximum atomic E-state index is 3.72. The minimum absolute atomic E-state index is 0.475. The van der Waals surface area contributed by atoms with Gasteiger partial charge in [-0.2, -0.15) is 0 Å². The maximum Gasteiger partial charge on any atom is 0.00929 e. The number of rotatable bonds is 6. The molecule has 1 saturated carbocycles. The molecule has 0 aromatic heterocycles. The molecular formula is C12H25N. The van der Waals surface area contributed by atoms with Crippen LogP contribution in [0.5, 0.6) is 0 Å². The average Bonchev–Trinajstić information content (AvgIpc) is 2.89. The van der Waals surface area contributed by atoms with Crippen LogP contribution in [-0.4, -0.2) is 12.6 Å². The van der Waals surface area contributed by atoms with Crippen molar-refractivity contribution in [2.45, 2.75) is 59.4 Å². The van der Waals surface area contributed by atoms with E-state index < -0.39 is 0 Å². The molecule has 1 aliphatic rings. The normalized spacial score (nSPS) is 20.3. The van der Waals surface area contributed by atoms with Crippen LogP contribution in [-0.2, 0) is 0 Å². The van der Waals surface area contributed by atoms with E-state index in [-0.39, 0.29) is 0 Å². The summed E-state index contributed by atoms with van der Waals surface area (Å²) in [6.45, 7) is 10.5. The highest BCUT2D eigenvalue weighted by Gasteiger charge is 2.30. The Kier molecular flexibility index (Phi) is 3.78. The molecule has 1 atom stereocenters. The lowest BCUT2D eigenvalue weighted by molar-refractivity contribution is 0.296. The number of hydrogen-bond donors (Lipinski definition) is 1. The van der Waals surface area contributed by atoms with Crippen LogP contribution in [0.15, 0.2) is 0 Å². The standard InChI is InChI=1S/C12H25N/c1-5-11(10-7-8-10)13-9-12(3,4)6-2/h10-11,13H,5-9H2,1-4H3. The van der Waals surface area contributed by atoms with Gasteiger partial charge < -0.3 is 5.32 Å². The Hall–Kier alpha value is -0.0400. The van der Waals surface area contributed by atoms with Crippen molar-refractivity contribution in [2.75, 3.05) is 6.54 Å². The van der Waals surface area contributed by atoms with Crippen LogP contribution in [0.3, 0.4) is 0 Å². The van der Waals surface area contributed by atoms with Gasteiger partial charge in [0.15, 0.2) is 0 Å². The van der Waals surface area contributed by atoms with Crippen molar-refractivity contribution in [3.63, 3.8) is 0 Å². The Morgan fingerprint density at radius 1 is 1.31 bits per heavy atom. The number of hydrogen-bond acceptors (Lipinski definition) is 1. The highest BCUT2D eigenvalue weighted by molar-refractivity contribution is 4.86. The molecule has 13 heavy (non-hydrogen) atoms. The van der Waals surface area contributed by atoms with Gasteiger partial charge in [0.25, 0.3) is 0 Å². The molecule has 0 saturated heterocycles. The van der Waals surface area contributed by atoms with E-state index >= 15 is 0 Å². The fourth-order valence-electron chi connectivity index (χ4n) is 1.68. The predicted octanol–water partition coefficient (Wildman–Crippen LogP) is 3.20. The van der Waals surface area contributed by atoms with Crippen molar-refractivity contribution in [1.82, 2.24) is 5.32 Å². The van der Waals surface area contributed by atoms with Gasteiger partial charge in [-0.15, -0.1) is 0 Å². The highest BCUT2D eigenvalue weighted by Crippen LogP contribution is 2.34. The maximum absolute atomic E-state index is 3.72. The highest BCUT2D eigenvalue weighted by atomic mass is 14.9. The molecule has 0 aliphatic heterocycles. The van der Waals surface area contributed by atoms with Crippen LogP contribution in [0, 0.1) is 11.3 Å². The summed E-state index contributed by atoms with van der Waals surface area (Å²) >= 11 is 0. The molecular weight excluding hydrogens is 158 g/mol.